The first-order valence-electron chi connectivity index (χ1n) is 4.31. The standard InChI is InChI=1S/C11H9ClFN/c1-6-5-8-3-4-9(13)7(2)10(8)14-11(6)12/h3-5H,1-2H3. The molecule has 1 nitrogen and oxygen atoms in total. The van der Waals surface area contributed by atoms with Gasteiger partial charge in [0.1, 0.15) is 11.0 Å². The van der Waals surface area contributed by atoms with E-state index in [1.807, 2.05) is 13.0 Å². The largest absolute Gasteiger partial charge is 0.235 e. The van der Waals surface area contributed by atoms with Crippen molar-refractivity contribution in [3.8, 4) is 0 Å². The van der Waals surface area contributed by atoms with Crippen molar-refractivity contribution in [1.29, 1.82) is 0 Å². The average molecular weight is 210 g/mol. The summed E-state index contributed by atoms with van der Waals surface area (Å²) in [5.74, 6) is -0.245. The number of fused-ring (bicyclic) bond motifs is 1. The molecule has 0 saturated carbocycles. The fourth-order valence-electron chi connectivity index (χ4n) is 1.44. The predicted molar refractivity (Wildman–Crippen MR) is 56.2 cm³/mol. The van der Waals surface area contributed by atoms with Crippen molar-refractivity contribution in [3.05, 3.63) is 40.3 Å². The first kappa shape index (κ1) is 9.41. The fraction of sp³-hybridized carbons (Fsp3) is 0.182. The van der Waals surface area contributed by atoms with Gasteiger partial charge in [0, 0.05) is 10.9 Å². The lowest BCUT2D eigenvalue weighted by Gasteiger charge is -2.04. The van der Waals surface area contributed by atoms with Crippen molar-refractivity contribution >= 4 is 22.5 Å². The van der Waals surface area contributed by atoms with Gasteiger partial charge in [-0.3, -0.25) is 0 Å². The van der Waals surface area contributed by atoms with E-state index < -0.39 is 0 Å². The minimum Gasteiger partial charge on any atom is -0.235 e. The second-order valence-corrected chi connectivity index (χ2v) is 3.70. The summed E-state index contributed by atoms with van der Waals surface area (Å²) in [5.41, 5.74) is 2.09. The molecule has 0 aliphatic rings. The van der Waals surface area contributed by atoms with Gasteiger partial charge in [-0.2, -0.15) is 0 Å². The molecule has 1 aromatic carbocycles. The van der Waals surface area contributed by atoms with E-state index in [1.165, 1.54) is 6.07 Å². The van der Waals surface area contributed by atoms with Gasteiger partial charge in [-0.1, -0.05) is 11.6 Å². The van der Waals surface area contributed by atoms with Crippen LogP contribution < -0.4 is 0 Å². The summed E-state index contributed by atoms with van der Waals surface area (Å²) in [6.45, 7) is 3.59. The first-order valence-corrected chi connectivity index (χ1v) is 4.69. The van der Waals surface area contributed by atoms with Gasteiger partial charge in [-0.05, 0) is 37.6 Å². The second-order valence-electron chi connectivity index (χ2n) is 3.34. The number of hydrogen-bond acceptors (Lipinski definition) is 1. The van der Waals surface area contributed by atoms with Crippen LogP contribution in [0, 0.1) is 19.7 Å². The molecule has 0 bridgehead atoms. The Morgan fingerprint density at radius 3 is 2.71 bits per heavy atom. The molecule has 0 radical (unpaired) electrons. The Morgan fingerprint density at radius 2 is 2.00 bits per heavy atom. The molecule has 0 atom stereocenters. The van der Waals surface area contributed by atoms with Gasteiger partial charge in [0.2, 0.25) is 0 Å². The molecule has 72 valence electrons. The van der Waals surface area contributed by atoms with Crippen LogP contribution >= 0.6 is 11.6 Å². The Bertz CT molecular complexity index is 508. The van der Waals surface area contributed by atoms with Crippen LogP contribution in [0.2, 0.25) is 5.15 Å². The lowest BCUT2D eigenvalue weighted by Crippen LogP contribution is -1.90. The van der Waals surface area contributed by atoms with Gasteiger partial charge < -0.3 is 0 Å². The van der Waals surface area contributed by atoms with Crippen molar-refractivity contribution in [3.63, 3.8) is 0 Å². The first-order chi connectivity index (χ1) is 6.59. The van der Waals surface area contributed by atoms with E-state index in [0.29, 0.717) is 16.2 Å². The van der Waals surface area contributed by atoms with Crippen LogP contribution in [0.5, 0.6) is 0 Å². The van der Waals surface area contributed by atoms with E-state index in [2.05, 4.69) is 4.98 Å². The number of aromatic nitrogens is 1. The highest BCUT2D eigenvalue weighted by molar-refractivity contribution is 6.30. The highest BCUT2D eigenvalue weighted by Crippen LogP contribution is 2.23. The summed E-state index contributed by atoms with van der Waals surface area (Å²) in [4.78, 5) is 4.16. The van der Waals surface area contributed by atoms with Crippen LogP contribution in [0.4, 0.5) is 4.39 Å². The lowest BCUT2D eigenvalue weighted by molar-refractivity contribution is 0.620. The number of hydrogen-bond donors (Lipinski definition) is 0. The third kappa shape index (κ3) is 1.36. The zero-order chi connectivity index (χ0) is 10.3. The lowest BCUT2D eigenvalue weighted by atomic mass is 10.1. The Morgan fingerprint density at radius 1 is 1.29 bits per heavy atom. The van der Waals surface area contributed by atoms with Gasteiger partial charge in [-0.15, -0.1) is 0 Å². The van der Waals surface area contributed by atoms with Crippen LogP contribution in [-0.4, -0.2) is 4.98 Å². The molecule has 2 rings (SSSR count). The average Bonchev–Trinajstić information content (AvgIpc) is 2.15. The van der Waals surface area contributed by atoms with E-state index in [1.54, 1.807) is 13.0 Å². The van der Waals surface area contributed by atoms with E-state index in [-0.39, 0.29) is 5.82 Å². The predicted octanol–water partition coefficient (Wildman–Crippen LogP) is 3.64. The van der Waals surface area contributed by atoms with Crippen LogP contribution in [0.3, 0.4) is 0 Å². The summed E-state index contributed by atoms with van der Waals surface area (Å²) >= 11 is 5.88. The molecule has 0 aliphatic heterocycles. The van der Waals surface area contributed by atoms with Gasteiger partial charge in [0.15, 0.2) is 0 Å². The van der Waals surface area contributed by atoms with Gasteiger partial charge >= 0.3 is 0 Å². The summed E-state index contributed by atoms with van der Waals surface area (Å²) in [7, 11) is 0. The molecular formula is C11H9ClFN. The second kappa shape index (κ2) is 3.21. The van der Waals surface area contributed by atoms with Crippen molar-refractivity contribution in [2.45, 2.75) is 13.8 Å². The van der Waals surface area contributed by atoms with Crippen LogP contribution in [0.25, 0.3) is 10.9 Å². The molecule has 14 heavy (non-hydrogen) atoms. The van der Waals surface area contributed by atoms with Gasteiger partial charge in [-0.25, -0.2) is 9.37 Å². The molecule has 0 aliphatic carbocycles. The monoisotopic (exact) mass is 209 g/mol. The molecule has 0 saturated heterocycles. The van der Waals surface area contributed by atoms with E-state index in [9.17, 15) is 4.39 Å². The minimum atomic E-state index is -0.245. The Hall–Kier alpha value is -1.15. The summed E-state index contributed by atoms with van der Waals surface area (Å²) in [5, 5.41) is 1.36. The Balaban J connectivity index is 2.89. The molecular weight excluding hydrogens is 201 g/mol. The molecule has 1 heterocycles. The number of halogens is 2. The zero-order valence-electron chi connectivity index (χ0n) is 7.94. The van der Waals surface area contributed by atoms with E-state index in [0.717, 1.165) is 10.9 Å². The molecule has 0 spiro atoms. The van der Waals surface area contributed by atoms with Crippen molar-refractivity contribution in [1.82, 2.24) is 4.98 Å². The molecule has 0 fully saturated rings. The minimum absolute atomic E-state index is 0.245. The third-order valence-corrected chi connectivity index (χ3v) is 2.69. The maximum atomic E-state index is 13.2. The quantitative estimate of drug-likeness (QED) is 0.604. The third-order valence-electron chi connectivity index (χ3n) is 2.30. The summed E-state index contributed by atoms with van der Waals surface area (Å²) in [6.07, 6.45) is 0. The Labute approximate surface area is 86.5 Å². The Kier molecular flexibility index (Phi) is 2.16. The number of nitrogens with zero attached hydrogens (tertiary/aromatic N) is 1. The molecule has 0 unspecified atom stereocenters. The van der Waals surface area contributed by atoms with E-state index >= 15 is 0 Å². The van der Waals surface area contributed by atoms with Gasteiger partial charge in [0.05, 0.1) is 5.52 Å². The van der Waals surface area contributed by atoms with E-state index in [4.69, 9.17) is 11.6 Å². The highest BCUT2D eigenvalue weighted by atomic mass is 35.5. The topological polar surface area (TPSA) is 12.9 Å². The number of rotatable bonds is 0. The molecule has 3 heteroatoms. The maximum absolute atomic E-state index is 13.2. The number of benzene rings is 1. The summed E-state index contributed by atoms with van der Waals surface area (Å²) < 4.78 is 13.2. The zero-order valence-corrected chi connectivity index (χ0v) is 8.69. The number of pyridine rings is 1. The van der Waals surface area contributed by atoms with Crippen molar-refractivity contribution < 1.29 is 4.39 Å². The van der Waals surface area contributed by atoms with Gasteiger partial charge in [0.25, 0.3) is 0 Å². The van der Waals surface area contributed by atoms with Crippen molar-refractivity contribution in [2.75, 3.05) is 0 Å². The number of aryl methyl sites for hydroxylation is 2. The SMILES string of the molecule is Cc1cc2ccc(F)c(C)c2nc1Cl. The van der Waals surface area contributed by atoms with Crippen molar-refractivity contribution in [2.24, 2.45) is 0 Å². The maximum Gasteiger partial charge on any atom is 0.132 e. The van der Waals surface area contributed by atoms with Crippen LogP contribution in [0.1, 0.15) is 11.1 Å². The molecule has 1 aromatic heterocycles. The van der Waals surface area contributed by atoms with Crippen LogP contribution in [-0.2, 0) is 0 Å². The summed E-state index contributed by atoms with van der Waals surface area (Å²) in [6, 6.07) is 5.08. The van der Waals surface area contributed by atoms with Crippen LogP contribution in [0.15, 0.2) is 18.2 Å². The fourth-order valence-corrected chi connectivity index (χ4v) is 1.58. The smallest absolute Gasteiger partial charge is 0.132 e. The normalized spacial score (nSPS) is 10.9. The highest BCUT2D eigenvalue weighted by Gasteiger charge is 2.06. The molecule has 0 amide bonds. The molecule has 0 N–H and O–H groups in total. The molecule has 2 aromatic rings.